The van der Waals surface area contributed by atoms with Gasteiger partial charge in [-0.2, -0.15) is 0 Å². The fraction of sp³-hybridized carbons (Fsp3) is 0.650. The Labute approximate surface area is 171 Å². The normalized spacial score (nSPS) is 27.6. The summed E-state index contributed by atoms with van der Waals surface area (Å²) < 4.78 is 10.9. The van der Waals surface area contributed by atoms with E-state index in [4.69, 9.17) is 9.47 Å². The lowest BCUT2D eigenvalue weighted by Gasteiger charge is -2.39. The van der Waals surface area contributed by atoms with E-state index in [1.165, 1.54) is 0 Å². The van der Waals surface area contributed by atoms with Crippen LogP contribution in [0.4, 0.5) is 0 Å². The zero-order chi connectivity index (χ0) is 21.7. The maximum Gasteiger partial charge on any atom is 0.229 e. The summed E-state index contributed by atoms with van der Waals surface area (Å²) in [4.78, 5) is 16.8. The first-order valence-corrected chi connectivity index (χ1v) is 9.55. The molecule has 1 aromatic rings. The van der Waals surface area contributed by atoms with Crippen LogP contribution in [0.3, 0.4) is 0 Å². The number of Topliss-reactive ketones (excluding diaryl/α,β-unsaturated/α-hetero) is 1. The molecule has 1 fully saturated rings. The van der Waals surface area contributed by atoms with Gasteiger partial charge >= 0.3 is 0 Å². The lowest BCUT2D eigenvalue weighted by molar-refractivity contribution is -0.277. The summed E-state index contributed by atoms with van der Waals surface area (Å²) in [5.74, 6) is 0.159. The van der Waals surface area contributed by atoms with Crippen molar-refractivity contribution in [3.8, 4) is 5.75 Å². The number of carbonyl (C=O) groups excluding carboxylic acids is 1. The minimum Gasteiger partial charge on any atom is -0.462 e. The molecule has 1 aromatic carbocycles. The average Bonchev–Trinajstić information content (AvgIpc) is 2.67. The van der Waals surface area contributed by atoms with Gasteiger partial charge in [0.2, 0.25) is 6.29 Å². The molecule has 9 heteroatoms. The smallest absolute Gasteiger partial charge is 0.229 e. The molecule has 0 unspecified atom stereocenters. The van der Waals surface area contributed by atoms with Gasteiger partial charge in [0.25, 0.3) is 0 Å². The van der Waals surface area contributed by atoms with Gasteiger partial charge in [0.1, 0.15) is 30.2 Å². The van der Waals surface area contributed by atoms with E-state index in [1.807, 2.05) is 38.0 Å². The Morgan fingerprint density at radius 3 is 2.03 bits per heavy atom. The molecule has 5 atom stereocenters. The van der Waals surface area contributed by atoms with E-state index < -0.39 is 37.3 Å². The van der Waals surface area contributed by atoms with Gasteiger partial charge < -0.3 is 39.7 Å². The van der Waals surface area contributed by atoms with Gasteiger partial charge in [0, 0.05) is 24.6 Å². The maximum atomic E-state index is 12.9. The highest BCUT2D eigenvalue weighted by atomic mass is 16.7. The number of carbonyl (C=O) groups is 1. The van der Waals surface area contributed by atoms with E-state index in [1.54, 1.807) is 24.3 Å². The number of hydrogen-bond acceptors (Lipinski definition) is 9. The third-order valence-corrected chi connectivity index (χ3v) is 4.78. The van der Waals surface area contributed by atoms with Gasteiger partial charge in [-0.1, -0.05) is 0 Å². The summed E-state index contributed by atoms with van der Waals surface area (Å²) >= 11 is 0. The number of hydrogen-bond donors (Lipinski definition) is 4. The molecule has 0 saturated carbocycles. The molecular formula is C20H32N2O7. The van der Waals surface area contributed by atoms with Crippen LogP contribution in [0.1, 0.15) is 10.4 Å². The van der Waals surface area contributed by atoms with Crippen LogP contribution in [0.15, 0.2) is 24.3 Å². The van der Waals surface area contributed by atoms with Gasteiger partial charge in [0.05, 0.1) is 6.61 Å². The number of ether oxygens (including phenoxy) is 2. The highest BCUT2D eigenvalue weighted by Crippen LogP contribution is 2.25. The van der Waals surface area contributed by atoms with Gasteiger partial charge in [-0.25, -0.2) is 0 Å². The second kappa shape index (κ2) is 10.4. The minimum atomic E-state index is -1.51. The third kappa shape index (κ3) is 6.19. The molecule has 29 heavy (non-hydrogen) atoms. The van der Waals surface area contributed by atoms with Crippen LogP contribution >= 0.6 is 0 Å². The fourth-order valence-corrected chi connectivity index (χ4v) is 3.34. The Morgan fingerprint density at radius 1 is 1.00 bits per heavy atom. The molecule has 0 aliphatic carbocycles. The van der Waals surface area contributed by atoms with E-state index >= 15 is 0 Å². The molecule has 2 rings (SSSR count). The molecule has 9 nitrogen and oxygen atoms in total. The third-order valence-electron chi connectivity index (χ3n) is 4.78. The number of ketones is 1. The zero-order valence-electron chi connectivity index (χ0n) is 17.3. The molecule has 164 valence electrons. The summed E-state index contributed by atoms with van der Waals surface area (Å²) in [6.45, 7) is 0.720. The van der Waals surface area contributed by atoms with Crippen molar-refractivity contribution in [2.24, 2.45) is 5.92 Å². The number of rotatable bonds is 9. The topological polar surface area (TPSA) is 123 Å². The molecule has 0 radical (unpaired) electrons. The fourth-order valence-electron chi connectivity index (χ4n) is 3.34. The Bertz CT molecular complexity index is 641. The highest BCUT2D eigenvalue weighted by molar-refractivity contribution is 5.98. The predicted octanol–water partition coefficient (Wildman–Crippen LogP) is -1.21. The van der Waals surface area contributed by atoms with E-state index in [2.05, 4.69) is 0 Å². The van der Waals surface area contributed by atoms with E-state index in [0.717, 1.165) is 0 Å². The van der Waals surface area contributed by atoms with Gasteiger partial charge in [-0.15, -0.1) is 0 Å². The van der Waals surface area contributed by atoms with Crippen LogP contribution < -0.4 is 4.74 Å². The van der Waals surface area contributed by atoms with Gasteiger partial charge in [-0.05, 0) is 52.5 Å². The monoisotopic (exact) mass is 412 g/mol. The number of benzene rings is 1. The average molecular weight is 412 g/mol. The quantitative estimate of drug-likeness (QED) is 0.370. The maximum absolute atomic E-state index is 12.9. The highest BCUT2D eigenvalue weighted by Gasteiger charge is 2.44. The molecular weight excluding hydrogens is 380 g/mol. The molecule has 1 saturated heterocycles. The van der Waals surface area contributed by atoms with Gasteiger partial charge in [0.15, 0.2) is 5.78 Å². The van der Waals surface area contributed by atoms with Gasteiger partial charge in [-0.3, -0.25) is 4.79 Å². The molecule has 4 N–H and O–H groups in total. The second-order valence-electron chi connectivity index (χ2n) is 7.93. The van der Waals surface area contributed by atoms with Crippen LogP contribution in [0.5, 0.6) is 5.75 Å². The van der Waals surface area contributed by atoms with Crippen molar-refractivity contribution in [2.75, 3.05) is 47.9 Å². The van der Waals surface area contributed by atoms with Crippen molar-refractivity contribution in [1.82, 2.24) is 9.80 Å². The molecule has 0 amide bonds. The first-order chi connectivity index (χ1) is 13.6. The minimum absolute atomic E-state index is 0.0202. The van der Waals surface area contributed by atoms with Crippen LogP contribution in [0.2, 0.25) is 0 Å². The first-order valence-electron chi connectivity index (χ1n) is 9.55. The lowest BCUT2D eigenvalue weighted by atomic mass is 9.96. The second-order valence-corrected chi connectivity index (χ2v) is 7.93. The van der Waals surface area contributed by atoms with Crippen molar-refractivity contribution in [3.63, 3.8) is 0 Å². The van der Waals surface area contributed by atoms with Crippen molar-refractivity contribution >= 4 is 5.78 Å². The van der Waals surface area contributed by atoms with E-state index in [0.29, 0.717) is 24.4 Å². The van der Waals surface area contributed by atoms with E-state index in [9.17, 15) is 25.2 Å². The Balaban J connectivity index is 2.08. The predicted molar refractivity (Wildman–Crippen MR) is 106 cm³/mol. The lowest BCUT2D eigenvalue weighted by Crippen LogP contribution is -2.60. The Morgan fingerprint density at radius 2 is 1.55 bits per heavy atom. The molecule has 1 heterocycles. The summed E-state index contributed by atoms with van der Waals surface area (Å²) in [5, 5.41) is 39.0. The van der Waals surface area contributed by atoms with Crippen LogP contribution in [-0.4, -0.2) is 115 Å². The van der Waals surface area contributed by atoms with Crippen LogP contribution in [0, 0.1) is 5.92 Å². The molecule has 0 spiro atoms. The first kappa shape index (κ1) is 23.7. The number of nitrogens with zero attached hydrogens (tertiary/aromatic N) is 2. The van der Waals surface area contributed by atoms with Crippen molar-refractivity contribution in [1.29, 1.82) is 0 Å². The Kier molecular flexibility index (Phi) is 8.53. The standard InChI is InChI=1S/C20H32N2O7/c1-21(2)9-13(10-22(3)4)16(24)12-5-7-14(8-6-12)28-20-19(27)18(26)17(25)15(11-23)29-20/h5-8,13,15,17-20,23,25-27H,9-11H2,1-4H3/t15-,17+,18+,19-,20-/m0/s1. The number of aliphatic hydroxyl groups excluding tert-OH is 4. The molecule has 0 aromatic heterocycles. The van der Waals surface area contributed by atoms with E-state index in [-0.39, 0.29) is 11.7 Å². The molecule has 0 bridgehead atoms. The Hall–Kier alpha value is -1.59. The SMILES string of the molecule is CN(C)CC(CN(C)C)C(=O)c1ccc(O[C@H]2O[C@@H](CO)[C@@H](O)[C@@H](O)[C@@H]2O)cc1. The zero-order valence-corrected chi connectivity index (χ0v) is 17.3. The summed E-state index contributed by atoms with van der Waals surface area (Å²) in [6, 6.07) is 6.44. The molecule has 1 aliphatic heterocycles. The van der Waals surface area contributed by atoms with Crippen LogP contribution in [-0.2, 0) is 4.74 Å². The summed E-state index contributed by atoms with van der Waals surface area (Å²) in [7, 11) is 7.70. The van der Waals surface area contributed by atoms with Crippen molar-refractivity contribution in [3.05, 3.63) is 29.8 Å². The largest absolute Gasteiger partial charge is 0.462 e. The summed E-state index contributed by atoms with van der Waals surface area (Å²) in [5.41, 5.74) is 0.542. The van der Waals surface area contributed by atoms with Crippen molar-refractivity contribution in [2.45, 2.75) is 30.7 Å². The summed E-state index contributed by atoms with van der Waals surface area (Å²) in [6.07, 6.45) is -6.75. The van der Waals surface area contributed by atoms with Crippen LogP contribution in [0.25, 0.3) is 0 Å². The number of aliphatic hydroxyl groups is 4. The molecule has 1 aliphatic rings. The van der Waals surface area contributed by atoms with Crippen molar-refractivity contribution < 1.29 is 34.7 Å².